The third-order valence-electron chi connectivity index (χ3n) is 3.70. The summed E-state index contributed by atoms with van der Waals surface area (Å²) in [6.45, 7) is 2.28. The minimum absolute atomic E-state index is 0.0278. The average Bonchev–Trinajstić information content (AvgIpc) is 3.20. The van der Waals surface area contributed by atoms with E-state index in [1.165, 1.54) is 17.4 Å². The lowest BCUT2D eigenvalue weighted by molar-refractivity contribution is -0.118. The highest BCUT2D eigenvalue weighted by Crippen LogP contribution is 2.31. The van der Waals surface area contributed by atoms with Crippen LogP contribution >= 0.6 is 11.3 Å². The normalized spacial score (nSPS) is 17.0. The number of amides is 1. The summed E-state index contributed by atoms with van der Waals surface area (Å²) in [5.41, 5.74) is 0.558. The number of aryl methyl sites for hydroxylation is 2. The number of carbonyl (C=O) groups excluding carboxylic acids is 1. The Bertz CT molecular complexity index is 795. The molecule has 9 heteroatoms. The van der Waals surface area contributed by atoms with Crippen LogP contribution in [0.5, 0.6) is 5.75 Å². The first-order chi connectivity index (χ1) is 11.5. The summed E-state index contributed by atoms with van der Waals surface area (Å²) in [7, 11) is 1.80. The maximum atomic E-state index is 11.9. The molecule has 1 saturated heterocycles. The Balaban J connectivity index is 1.56. The highest BCUT2D eigenvalue weighted by molar-refractivity contribution is 7.15. The molecule has 1 atom stereocenters. The van der Waals surface area contributed by atoms with Crippen LogP contribution in [0.25, 0.3) is 0 Å². The molecule has 1 fully saturated rings. The molecule has 3 heterocycles. The lowest BCUT2D eigenvalue weighted by atomic mass is 10.2. The van der Waals surface area contributed by atoms with Crippen molar-refractivity contribution in [3.63, 3.8) is 0 Å². The number of pyridine rings is 1. The van der Waals surface area contributed by atoms with Gasteiger partial charge in [0.25, 0.3) is 5.91 Å². The van der Waals surface area contributed by atoms with Gasteiger partial charge in [-0.2, -0.15) is 0 Å². The van der Waals surface area contributed by atoms with Crippen LogP contribution in [0, 0.1) is 6.92 Å². The molecule has 0 radical (unpaired) electrons. The molecule has 3 rings (SSSR count). The van der Waals surface area contributed by atoms with Crippen molar-refractivity contribution in [2.75, 3.05) is 18.5 Å². The van der Waals surface area contributed by atoms with Gasteiger partial charge in [-0.25, -0.2) is 0 Å². The summed E-state index contributed by atoms with van der Waals surface area (Å²) in [6.07, 6.45) is 3.46. The highest BCUT2D eigenvalue weighted by Gasteiger charge is 2.22. The van der Waals surface area contributed by atoms with Gasteiger partial charge in [0, 0.05) is 31.6 Å². The van der Waals surface area contributed by atoms with E-state index in [0.717, 1.165) is 30.2 Å². The van der Waals surface area contributed by atoms with E-state index in [4.69, 9.17) is 9.47 Å². The fourth-order valence-corrected chi connectivity index (χ4v) is 3.14. The van der Waals surface area contributed by atoms with Gasteiger partial charge in [-0.1, -0.05) is 11.3 Å². The Morgan fingerprint density at radius 2 is 2.38 bits per heavy atom. The monoisotopic (exact) mass is 350 g/mol. The fourth-order valence-electron chi connectivity index (χ4n) is 2.30. The van der Waals surface area contributed by atoms with E-state index in [1.807, 2.05) is 6.92 Å². The first-order valence-corrected chi connectivity index (χ1v) is 8.39. The number of ether oxygens (including phenoxy) is 2. The van der Waals surface area contributed by atoms with Crippen molar-refractivity contribution < 1.29 is 14.3 Å². The van der Waals surface area contributed by atoms with Crippen molar-refractivity contribution in [1.29, 1.82) is 0 Å². The van der Waals surface area contributed by atoms with Crippen molar-refractivity contribution in [3.05, 3.63) is 33.2 Å². The van der Waals surface area contributed by atoms with Gasteiger partial charge in [0.05, 0.1) is 0 Å². The minimum Gasteiger partial charge on any atom is -0.478 e. The summed E-state index contributed by atoms with van der Waals surface area (Å²) in [5, 5.41) is 11.7. The smallest absolute Gasteiger partial charge is 0.264 e. The van der Waals surface area contributed by atoms with Crippen LogP contribution < -0.4 is 15.5 Å². The molecule has 0 unspecified atom stereocenters. The van der Waals surface area contributed by atoms with Gasteiger partial charge in [0.15, 0.2) is 12.4 Å². The van der Waals surface area contributed by atoms with E-state index in [1.54, 1.807) is 17.8 Å². The van der Waals surface area contributed by atoms with Crippen LogP contribution in [-0.2, 0) is 16.6 Å². The molecule has 0 aromatic carbocycles. The number of carbonyl (C=O) groups is 1. The largest absolute Gasteiger partial charge is 0.478 e. The van der Waals surface area contributed by atoms with Crippen LogP contribution in [0.1, 0.15) is 29.6 Å². The van der Waals surface area contributed by atoms with Gasteiger partial charge in [-0.05, 0) is 19.8 Å². The van der Waals surface area contributed by atoms with E-state index >= 15 is 0 Å². The molecule has 1 aliphatic rings. The molecule has 8 nitrogen and oxygen atoms in total. The molecular formula is C15H18N4O4S. The lowest BCUT2D eigenvalue weighted by Crippen LogP contribution is -2.22. The van der Waals surface area contributed by atoms with Gasteiger partial charge in [-0.3, -0.25) is 14.9 Å². The minimum atomic E-state index is -0.396. The quantitative estimate of drug-likeness (QED) is 0.876. The SMILES string of the molecule is Cc1cc(=O)c(OCC(=O)Nc2nnc([C@H]3CCCO3)s2)cn1C. The molecule has 24 heavy (non-hydrogen) atoms. The number of anilines is 1. The van der Waals surface area contributed by atoms with E-state index < -0.39 is 5.91 Å². The van der Waals surface area contributed by atoms with Gasteiger partial charge in [0.2, 0.25) is 10.6 Å². The standard InChI is InChI=1S/C15H18N4O4S/c1-9-6-10(20)12(7-19(9)2)23-8-13(21)16-15-18-17-14(24-15)11-4-3-5-22-11/h6-7,11H,3-5,8H2,1-2H3,(H,16,18,21)/t11-/m1/s1. The van der Waals surface area contributed by atoms with Crippen molar-refractivity contribution in [2.45, 2.75) is 25.9 Å². The molecular weight excluding hydrogens is 332 g/mol. The Labute approximate surface area is 142 Å². The molecule has 0 aliphatic carbocycles. The summed E-state index contributed by atoms with van der Waals surface area (Å²) in [6, 6.07) is 1.46. The van der Waals surface area contributed by atoms with Crippen molar-refractivity contribution >= 4 is 22.4 Å². The summed E-state index contributed by atoms with van der Waals surface area (Å²) in [5.74, 6) is -0.261. The number of rotatable bonds is 5. The third-order valence-corrected chi connectivity index (χ3v) is 4.63. The molecule has 1 amide bonds. The van der Waals surface area contributed by atoms with Gasteiger partial charge >= 0.3 is 0 Å². The van der Waals surface area contributed by atoms with Gasteiger partial charge in [0.1, 0.15) is 11.1 Å². The summed E-state index contributed by atoms with van der Waals surface area (Å²) in [4.78, 5) is 23.8. The number of aromatic nitrogens is 3. The number of nitrogens with one attached hydrogen (secondary N) is 1. The zero-order valence-corrected chi connectivity index (χ0v) is 14.3. The van der Waals surface area contributed by atoms with E-state index in [2.05, 4.69) is 15.5 Å². The summed E-state index contributed by atoms with van der Waals surface area (Å²) >= 11 is 1.29. The Morgan fingerprint density at radius 1 is 1.54 bits per heavy atom. The molecule has 2 aromatic rings. The molecule has 1 aliphatic heterocycles. The zero-order chi connectivity index (χ0) is 17.1. The number of nitrogens with zero attached hydrogens (tertiary/aromatic N) is 3. The Morgan fingerprint density at radius 3 is 3.12 bits per heavy atom. The second-order valence-electron chi connectivity index (χ2n) is 5.54. The first-order valence-electron chi connectivity index (χ1n) is 7.58. The van der Waals surface area contributed by atoms with E-state index in [-0.39, 0.29) is 23.9 Å². The molecule has 0 bridgehead atoms. The maximum absolute atomic E-state index is 11.9. The van der Waals surface area contributed by atoms with Crippen LogP contribution in [0.4, 0.5) is 5.13 Å². The predicted molar refractivity (Wildman–Crippen MR) is 88.4 cm³/mol. The number of hydrogen-bond acceptors (Lipinski definition) is 7. The second-order valence-corrected chi connectivity index (χ2v) is 6.55. The van der Waals surface area contributed by atoms with Crippen molar-refractivity contribution in [3.8, 4) is 5.75 Å². The predicted octanol–water partition coefficient (Wildman–Crippen LogP) is 1.41. The molecule has 1 N–H and O–H groups in total. The van der Waals surface area contributed by atoms with Gasteiger partial charge in [-0.15, -0.1) is 10.2 Å². The number of hydrogen-bond donors (Lipinski definition) is 1. The topological polar surface area (TPSA) is 95.3 Å². The summed E-state index contributed by atoms with van der Waals surface area (Å²) < 4.78 is 12.6. The highest BCUT2D eigenvalue weighted by atomic mass is 32.1. The van der Waals surface area contributed by atoms with Crippen LogP contribution in [0.2, 0.25) is 0 Å². The first kappa shape index (κ1) is 16.6. The van der Waals surface area contributed by atoms with Crippen LogP contribution in [0.3, 0.4) is 0 Å². The molecule has 128 valence electrons. The van der Waals surface area contributed by atoms with Crippen molar-refractivity contribution in [1.82, 2.24) is 14.8 Å². The average molecular weight is 350 g/mol. The molecule has 0 saturated carbocycles. The molecule has 0 spiro atoms. The Kier molecular flexibility index (Phi) is 4.91. The second kappa shape index (κ2) is 7.10. The maximum Gasteiger partial charge on any atom is 0.264 e. The Hall–Kier alpha value is -2.26. The van der Waals surface area contributed by atoms with Crippen molar-refractivity contribution in [2.24, 2.45) is 7.05 Å². The zero-order valence-electron chi connectivity index (χ0n) is 13.4. The van der Waals surface area contributed by atoms with Crippen LogP contribution in [0.15, 0.2) is 17.1 Å². The third kappa shape index (κ3) is 3.80. The van der Waals surface area contributed by atoms with Crippen LogP contribution in [-0.4, -0.2) is 33.9 Å². The van der Waals surface area contributed by atoms with E-state index in [9.17, 15) is 9.59 Å². The lowest BCUT2D eigenvalue weighted by Gasteiger charge is -2.08. The van der Waals surface area contributed by atoms with Gasteiger partial charge < -0.3 is 14.0 Å². The molecule has 2 aromatic heterocycles. The fraction of sp³-hybridized carbons (Fsp3) is 0.467. The van der Waals surface area contributed by atoms with E-state index in [0.29, 0.717) is 5.13 Å².